The Morgan fingerprint density at radius 1 is 0.422 bits per heavy atom. The first-order chi connectivity index (χ1) is 22.3. The van der Waals surface area contributed by atoms with Gasteiger partial charge in [0.1, 0.15) is 0 Å². The van der Waals surface area contributed by atoms with E-state index in [1.54, 1.807) is 5.56 Å². The summed E-state index contributed by atoms with van der Waals surface area (Å²) in [7, 11) is 0. The van der Waals surface area contributed by atoms with Crippen LogP contribution in [0.3, 0.4) is 0 Å². The molecule has 2 aliphatic rings. The van der Waals surface area contributed by atoms with Crippen molar-refractivity contribution in [3.8, 4) is 22.3 Å². The topological polar surface area (TPSA) is 6.48 Å². The third-order valence-electron chi connectivity index (χ3n) is 9.92. The van der Waals surface area contributed by atoms with Crippen molar-refractivity contribution in [3.05, 3.63) is 163 Å². The van der Waals surface area contributed by atoms with Crippen LogP contribution in [0.15, 0.2) is 158 Å². The molecule has 0 bridgehead atoms. The van der Waals surface area contributed by atoms with Gasteiger partial charge in [0, 0.05) is 40.4 Å². The molecule has 8 rings (SSSR count). The third kappa shape index (κ3) is 5.21. The Morgan fingerprint density at radius 3 is 1.49 bits per heavy atom. The highest BCUT2D eigenvalue weighted by atomic mass is 15.2. The van der Waals surface area contributed by atoms with E-state index in [1.807, 2.05) is 0 Å². The molecule has 0 saturated heterocycles. The number of para-hydroxylation sites is 2. The first-order valence-corrected chi connectivity index (χ1v) is 16.4. The second kappa shape index (κ2) is 11.8. The van der Waals surface area contributed by atoms with Crippen molar-refractivity contribution in [1.29, 1.82) is 0 Å². The van der Waals surface area contributed by atoms with E-state index >= 15 is 0 Å². The van der Waals surface area contributed by atoms with Crippen molar-refractivity contribution < 1.29 is 0 Å². The van der Waals surface area contributed by atoms with E-state index < -0.39 is 0 Å². The second-order valence-corrected chi connectivity index (χ2v) is 12.6. The van der Waals surface area contributed by atoms with Crippen molar-refractivity contribution >= 4 is 28.4 Å². The Hall–Kier alpha value is -5.08. The van der Waals surface area contributed by atoms with Gasteiger partial charge in [-0.05, 0) is 95.3 Å². The van der Waals surface area contributed by atoms with Gasteiger partial charge in [-0.25, -0.2) is 0 Å². The normalized spacial score (nSPS) is 15.2. The lowest BCUT2D eigenvalue weighted by Crippen LogP contribution is -2.33. The fourth-order valence-electron chi connectivity index (χ4n) is 7.61. The summed E-state index contributed by atoms with van der Waals surface area (Å²) in [5.74, 6) is 0. The monoisotopic (exact) mass is 582 g/mol. The summed E-state index contributed by atoms with van der Waals surface area (Å²) in [5.41, 5.74) is 12.9. The van der Waals surface area contributed by atoms with Crippen LogP contribution in [0, 0.1) is 0 Å². The standard InChI is InChI=1S/C43H38N2/c1-4-12-33(13-5-1)34-20-26-39(27-21-34)45(38-14-6-2-7-15-38)40-28-22-36(23-29-40)35-18-24-37(25-19-35)44-32-43(30-10-3-11-31-43)41-16-8-9-17-42(41)44/h1-2,4-9,12-29H,3,10-11,30-32H2. The van der Waals surface area contributed by atoms with Crippen molar-refractivity contribution in [2.45, 2.75) is 37.5 Å². The number of fused-ring (bicyclic) bond motifs is 2. The van der Waals surface area contributed by atoms with Crippen LogP contribution < -0.4 is 9.80 Å². The van der Waals surface area contributed by atoms with Crippen LogP contribution in [0.5, 0.6) is 0 Å². The number of hydrogen-bond donors (Lipinski definition) is 0. The van der Waals surface area contributed by atoms with Crippen LogP contribution in [-0.4, -0.2) is 6.54 Å². The maximum Gasteiger partial charge on any atom is 0.0462 e. The smallest absolute Gasteiger partial charge is 0.0462 e. The first-order valence-electron chi connectivity index (χ1n) is 16.4. The van der Waals surface area contributed by atoms with E-state index in [1.165, 1.54) is 65.7 Å². The fourth-order valence-corrected chi connectivity index (χ4v) is 7.61. The number of nitrogens with zero attached hydrogens (tertiary/aromatic N) is 2. The summed E-state index contributed by atoms with van der Waals surface area (Å²) in [4.78, 5) is 4.89. The molecule has 1 heterocycles. The predicted octanol–water partition coefficient (Wildman–Crippen LogP) is 11.8. The number of anilines is 5. The van der Waals surface area contributed by atoms with Crippen LogP contribution in [0.2, 0.25) is 0 Å². The molecule has 6 aromatic rings. The molecule has 1 spiro atoms. The molecule has 1 aliphatic carbocycles. The van der Waals surface area contributed by atoms with Gasteiger partial charge in [-0.15, -0.1) is 0 Å². The quantitative estimate of drug-likeness (QED) is 0.193. The minimum Gasteiger partial charge on any atom is -0.340 e. The summed E-state index contributed by atoms with van der Waals surface area (Å²) < 4.78 is 0. The number of benzene rings is 6. The highest BCUT2D eigenvalue weighted by Gasteiger charge is 2.43. The molecular weight excluding hydrogens is 544 g/mol. The maximum absolute atomic E-state index is 2.56. The zero-order chi connectivity index (χ0) is 30.1. The molecule has 0 N–H and O–H groups in total. The van der Waals surface area contributed by atoms with Gasteiger partial charge in [0.25, 0.3) is 0 Å². The van der Waals surface area contributed by atoms with E-state index in [-0.39, 0.29) is 0 Å². The molecular formula is C43H38N2. The van der Waals surface area contributed by atoms with Crippen LogP contribution in [0.4, 0.5) is 28.4 Å². The summed E-state index contributed by atoms with van der Waals surface area (Å²) >= 11 is 0. The Labute approximate surface area is 267 Å². The van der Waals surface area contributed by atoms with E-state index in [0.29, 0.717) is 5.41 Å². The largest absolute Gasteiger partial charge is 0.340 e. The van der Waals surface area contributed by atoms with E-state index in [9.17, 15) is 0 Å². The van der Waals surface area contributed by atoms with Gasteiger partial charge in [-0.2, -0.15) is 0 Å². The molecule has 0 amide bonds. The summed E-state index contributed by atoms with van der Waals surface area (Å²) in [5, 5.41) is 0. The maximum atomic E-state index is 2.56. The minimum atomic E-state index is 0.315. The molecule has 1 aliphatic heterocycles. The zero-order valence-electron chi connectivity index (χ0n) is 25.6. The molecule has 45 heavy (non-hydrogen) atoms. The number of hydrogen-bond acceptors (Lipinski definition) is 2. The molecule has 0 atom stereocenters. The SMILES string of the molecule is c1ccc(-c2ccc(N(c3ccccc3)c3ccc(-c4ccc(N5CC6(CCCCC6)c6ccccc65)cc4)cc3)cc2)cc1. The van der Waals surface area contributed by atoms with Crippen LogP contribution in [0.25, 0.3) is 22.3 Å². The lowest BCUT2D eigenvalue weighted by atomic mass is 9.71. The summed E-state index contributed by atoms with van der Waals surface area (Å²) in [6, 6.07) is 57.3. The van der Waals surface area contributed by atoms with Gasteiger partial charge in [-0.1, -0.05) is 122 Å². The zero-order valence-corrected chi connectivity index (χ0v) is 25.6. The van der Waals surface area contributed by atoms with Crippen molar-refractivity contribution in [2.75, 3.05) is 16.3 Å². The van der Waals surface area contributed by atoms with Gasteiger partial charge in [0.2, 0.25) is 0 Å². The molecule has 6 aromatic carbocycles. The first kappa shape index (κ1) is 27.5. The average molecular weight is 583 g/mol. The fraction of sp³-hybridized carbons (Fsp3) is 0.163. The van der Waals surface area contributed by atoms with Gasteiger partial charge in [-0.3, -0.25) is 0 Å². The molecule has 220 valence electrons. The van der Waals surface area contributed by atoms with Gasteiger partial charge < -0.3 is 9.80 Å². The molecule has 0 radical (unpaired) electrons. The lowest BCUT2D eigenvalue weighted by Gasteiger charge is -2.34. The Morgan fingerprint density at radius 2 is 0.889 bits per heavy atom. The second-order valence-electron chi connectivity index (χ2n) is 12.6. The van der Waals surface area contributed by atoms with Crippen LogP contribution in [0.1, 0.15) is 37.7 Å². The Balaban J connectivity index is 1.06. The van der Waals surface area contributed by atoms with Crippen molar-refractivity contribution in [3.63, 3.8) is 0 Å². The molecule has 2 nitrogen and oxygen atoms in total. The van der Waals surface area contributed by atoms with Gasteiger partial charge in [0.05, 0.1) is 0 Å². The molecule has 1 saturated carbocycles. The Bertz CT molecular complexity index is 1870. The summed E-state index contributed by atoms with van der Waals surface area (Å²) in [6.07, 6.45) is 6.68. The van der Waals surface area contributed by atoms with E-state index in [4.69, 9.17) is 0 Å². The van der Waals surface area contributed by atoms with E-state index in [2.05, 4.69) is 168 Å². The van der Waals surface area contributed by atoms with Gasteiger partial charge >= 0.3 is 0 Å². The minimum absolute atomic E-state index is 0.315. The van der Waals surface area contributed by atoms with E-state index in [0.717, 1.165) is 23.6 Å². The average Bonchev–Trinajstić information content (AvgIpc) is 3.43. The lowest BCUT2D eigenvalue weighted by molar-refractivity contribution is 0.314. The van der Waals surface area contributed by atoms with Crippen molar-refractivity contribution in [2.24, 2.45) is 0 Å². The molecule has 0 aromatic heterocycles. The molecule has 1 fully saturated rings. The van der Waals surface area contributed by atoms with Crippen LogP contribution >= 0.6 is 0 Å². The molecule has 2 heteroatoms. The van der Waals surface area contributed by atoms with Crippen molar-refractivity contribution in [1.82, 2.24) is 0 Å². The third-order valence-corrected chi connectivity index (χ3v) is 9.92. The predicted molar refractivity (Wildman–Crippen MR) is 190 cm³/mol. The van der Waals surface area contributed by atoms with Gasteiger partial charge in [0.15, 0.2) is 0 Å². The highest BCUT2D eigenvalue weighted by molar-refractivity contribution is 5.80. The number of rotatable bonds is 6. The molecule has 0 unspecified atom stereocenters. The summed E-state index contributed by atoms with van der Waals surface area (Å²) in [6.45, 7) is 1.10. The highest BCUT2D eigenvalue weighted by Crippen LogP contribution is 2.51. The van der Waals surface area contributed by atoms with Crippen LogP contribution in [-0.2, 0) is 5.41 Å². The Kier molecular flexibility index (Phi) is 7.19.